The maximum absolute atomic E-state index is 12.2. The van der Waals surface area contributed by atoms with Gasteiger partial charge in [0.1, 0.15) is 11.0 Å². The van der Waals surface area contributed by atoms with E-state index in [1.807, 2.05) is 18.2 Å². The number of aliphatic hydroxyl groups is 1. The van der Waals surface area contributed by atoms with E-state index in [-0.39, 0.29) is 30.2 Å². The van der Waals surface area contributed by atoms with Crippen molar-refractivity contribution in [2.75, 3.05) is 31.5 Å². The second-order valence-corrected chi connectivity index (χ2v) is 17.5. The zero-order valence-electron chi connectivity index (χ0n) is 29.6. The molecule has 12 nitrogen and oxygen atoms in total. The van der Waals surface area contributed by atoms with Crippen LogP contribution in [-0.2, 0) is 22.3 Å². The second-order valence-electron chi connectivity index (χ2n) is 13.1. The molecule has 0 saturated heterocycles. The third kappa shape index (κ3) is 7.96. The van der Waals surface area contributed by atoms with E-state index in [1.165, 1.54) is 17.5 Å². The van der Waals surface area contributed by atoms with Crippen molar-refractivity contribution in [1.29, 1.82) is 0 Å². The van der Waals surface area contributed by atoms with Crippen LogP contribution in [0.25, 0.3) is 11.0 Å². The number of rotatable bonds is 15. The standard InChI is InChI=1S/C37H47N7O5Si/c1-7-14-28(19-20-49-50(37(2,3)4,29-15-10-8-11-16-29)30-17-12-9-13-18-30)40-33-32-31(41-35(42-33)43-36(46)48-6)23-39-44(32)24-27-21-26(25-45)22-38-34(27)47-5/h8-13,15-18,21-23,28,45H,7,14,19-20,24-25H2,1-6H3,(H2,40,41,42,43,46)/t28-/m0/s1. The molecule has 0 fully saturated rings. The van der Waals surface area contributed by atoms with Crippen molar-refractivity contribution in [3.05, 3.63) is 90.3 Å². The van der Waals surface area contributed by atoms with Gasteiger partial charge in [-0.05, 0) is 39.9 Å². The summed E-state index contributed by atoms with van der Waals surface area (Å²) in [6, 6.07) is 23.0. The van der Waals surface area contributed by atoms with Gasteiger partial charge in [0.25, 0.3) is 8.32 Å². The van der Waals surface area contributed by atoms with Crippen LogP contribution in [-0.4, -0.2) is 71.1 Å². The average molecular weight is 698 g/mol. The van der Waals surface area contributed by atoms with Gasteiger partial charge in [0.15, 0.2) is 5.82 Å². The number of hydrogen-bond acceptors (Lipinski definition) is 10. The summed E-state index contributed by atoms with van der Waals surface area (Å²) in [5.41, 5.74) is 2.56. The molecule has 0 aliphatic heterocycles. The van der Waals surface area contributed by atoms with Crippen LogP contribution in [0.3, 0.4) is 0 Å². The number of carbonyl (C=O) groups is 1. The lowest BCUT2D eigenvalue weighted by Crippen LogP contribution is -2.66. The molecule has 0 unspecified atom stereocenters. The van der Waals surface area contributed by atoms with Gasteiger partial charge < -0.3 is 24.3 Å². The highest BCUT2D eigenvalue weighted by atomic mass is 28.4. The normalized spacial score (nSPS) is 12.5. The molecular formula is C37H47N7O5Si. The van der Waals surface area contributed by atoms with Crippen molar-refractivity contribution in [2.45, 2.75) is 71.2 Å². The lowest BCUT2D eigenvalue weighted by molar-refractivity contribution is 0.186. The van der Waals surface area contributed by atoms with E-state index >= 15 is 0 Å². The summed E-state index contributed by atoms with van der Waals surface area (Å²) in [6.45, 7) is 9.61. The summed E-state index contributed by atoms with van der Waals surface area (Å²) >= 11 is 0. The fourth-order valence-corrected chi connectivity index (χ4v) is 11.0. The van der Waals surface area contributed by atoms with Crippen LogP contribution in [0, 0.1) is 0 Å². The van der Waals surface area contributed by atoms with E-state index in [1.54, 1.807) is 24.2 Å². The summed E-state index contributed by atoms with van der Waals surface area (Å²) in [5, 5.41) is 23.0. The Morgan fingerprint density at radius 3 is 2.24 bits per heavy atom. The number of hydrogen-bond donors (Lipinski definition) is 3. The van der Waals surface area contributed by atoms with Crippen molar-refractivity contribution in [2.24, 2.45) is 0 Å². The zero-order valence-corrected chi connectivity index (χ0v) is 30.6. The quantitative estimate of drug-likeness (QED) is 0.120. The molecular weight excluding hydrogens is 651 g/mol. The van der Waals surface area contributed by atoms with Gasteiger partial charge in [-0.2, -0.15) is 10.1 Å². The van der Waals surface area contributed by atoms with Gasteiger partial charge >= 0.3 is 6.09 Å². The molecule has 50 heavy (non-hydrogen) atoms. The first-order chi connectivity index (χ1) is 24.1. The minimum atomic E-state index is -2.73. The van der Waals surface area contributed by atoms with E-state index in [0.29, 0.717) is 41.3 Å². The average Bonchev–Trinajstić information content (AvgIpc) is 3.52. The third-order valence-electron chi connectivity index (χ3n) is 8.75. The number of fused-ring (bicyclic) bond motifs is 1. The Labute approximate surface area is 294 Å². The molecule has 3 N–H and O–H groups in total. The Bertz CT molecular complexity index is 1830. The Morgan fingerprint density at radius 1 is 0.980 bits per heavy atom. The summed E-state index contributed by atoms with van der Waals surface area (Å²) in [6.07, 6.45) is 5.00. The van der Waals surface area contributed by atoms with E-state index in [0.717, 1.165) is 18.4 Å². The summed E-state index contributed by atoms with van der Waals surface area (Å²) in [7, 11) is 0.111. The first-order valence-corrected chi connectivity index (χ1v) is 18.8. The summed E-state index contributed by atoms with van der Waals surface area (Å²) < 4.78 is 19.3. The Hall–Kier alpha value is -4.85. The molecule has 13 heteroatoms. The lowest BCUT2D eigenvalue weighted by atomic mass is 10.1. The SMILES string of the molecule is CCC[C@@H](CCO[Si](c1ccccc1)(c1ccccc1)C(C)(C)C)Nc1nc(NC(=O)OC)nc2cnn(Cc3cc(CO)cnc3OC)c12. The van der Waals surface area contributed by atoms with Gasteiger partial charge in [-0.1, -0.05) is 94.8 Å². The first-order valence-electron chi connectivity index (χ1n) is 16.9. The molecule has 3 heterocycles. The van der Waals surface area contributed by atoms with Gasteiger partial charge in [-0.15, -0.1) is 0 Å². The number of aromatic nitrogens is 5. The van der Waals surface area contributed by atoms with Crippen molar-refractivity contribution < 1.29 is 23.8 Å². The predicted molar refractivity (Wildman–Crippen MR) is 198 cm³/mol. The zero-order chi connectivity index (χ0) is 35.7. The maximum atomic E-state index is 12.2. The number of nitrogens with one attached hydrogen (secondary N) is 2. The largest absolute Gasteiger partial charge is 0.481 e. The fourth-order valence-electron chi connectivity index (χ4n) is 6.46. The number of anilines is 2. The Kier molecular flexibility index (Phi) is 11.8. The third-order valence-corrected chi connectivity index (χ3v) is 13.8. The summed E-state index contributed by atoms with van der Waals surface area (Å²) in [5.74, 6) is 1.02. The fraction of sp³-hybridized carbons (Fsp3) is 0.378. The smallest absolute Gasteiger partial charge is 0.413 e. The van der Waals surface area contributed by atoms with E-state index < -0.39 is 14.4 Å². The van der Waals surface area contributed by atoms with Crippen LogP contribution in [0.5, 0.6) is 5.88 Å². The molecule has 0 saturated carbocycles. The van der Waals surface area contributed by atoms with Gasteiger partial charge in [0, 0.05) is 24.4 Å². The number of nitrogens with zero attached hydrogens (tertiary/aromatic N) is 5. The van der Waals surface area contributed by atoms with E-state index in [9.17, 15) is 9.90 Å². The van der Waals surface area contributed by atoms with Gasteiger partial charge in [-0.3, -0.25) is 10.00 Å². The number of benzene rings is 2. The molecule has 0 aliphatic rings. The van der Waals surface area contributed by atoms with Crippen molar-refractivity contribution in [3.63, 3.8) is 0 Å². The number of ether oxygens (including phenoxy) is 2. The number of amides is 1. The molecule has 5 aromatic rings. The van der Waals surface area contributed by atoms with Gasteiger partial charge in [0.2, 0.25) is 11.8 Å². The second kappa shape index (κ2) is 16.2. The molecule has 0 spiro atoms. The topological polar surface area (TPSA) is 146 Å². The number of carbonyl (C=O) groups excluding carboxylic acids is 1. The first kappa shape index (κ1) is 36.4. The Balaban J connectivity index is 1.49. The van der Waals surface area contributed by atoms with Crippen molar-refractivity contribution in [3.8, 4) is 5.88 Å². The van der Waals surface area contributed by atoms with Crippen molar-refractivity contribution in [1.82, 2.24) is 24.7 Å². The minimum absolute atomic E-state index is 0.0282. The van der Waals surface area contributed by atoms with E-state index in [2.05, 4.69) is 102 Å². The van der Waals surface area contributed by atoms with Crippen LogP contribution >= 0.6 is 0 Å². The highest BCUT2D eigenvalue weighted by molar-refractivity contribution is 6.99. The molecule has 3 aromatic heterocycles. The van der Waals surface area contributed by atoms with E-state index in [4.69, 9.17) is 18.9 Å². The number of methoxy groups -OCH3 is 2. The molecule has 5 rings (SSSR count). The van der Waals surface area contributed by atoms with Crippen LogP contribution in [0.2, 0.25) is 5.04 Å². The van der Waals surface area contributed by atoms with Crippen molar-refractivity contribution >= 4 is 47.6 Å². The highest BCUT2D eigenvalue weighted by Gasteiger charge is 2.50. The lowest BCUT2D eigenvalue weighted by Gasteiger charge is -2.43. The van der Waals surface area contributed by atoms with Crippen LogP contribution in [0.15, 0.2) is 79.1 Å². The molecule has 0 radical (unpaired) electrons. The Morgan fingerprint density at radius 2 is 1.66 bits per heavy atom. The summed E-state index contributed by atoms with van der Waals surface area (Å²) in [4.78, 5) is 25.8. The minimum Gasteiger partial charge on any atom is -0.481 e. The van der Waals surface area contributed by atoms with Gasteiger partial charge in [-0.25, -0.2) is 14.8 Å². The molecule has 264 valence electrons. The highest BCUT2D eigenvalue weighted by Crippen LogP contribution is 2.37. The number of aliphatic hydroxyl groups excluding tert-OH is 1. The maximum Gasteiger partial charge on any atom is 0.413 e. The van der Waals surface area contributed by atoms with Crippen LogP contribution < -0.4 is 25.7 Å². The molecule has 0 aliphatic carbocycles. The molecule has 0 bridgehead atoms. The molecule has 1 amide bonds. The molecule has 2 aromatic carbocycles. The van der Waals surface area contributed by atoms with Gasteiger partial charge in [0.05, 0.1) is 33.6 Å². The van der Waals surface area contributed by atoms with Crippen LogP contribution in [0.4, 0.5) is 16.6 Å². The van der Waals surface area contributed by atoms with Crippen LogP contribution in [0.1, 0.15) is 58.1 Å². The molecule has 1 atom stereocenters. The number of pyridine rings is 1. The predicted octanol–water partition coefficient (Wildman–Crippen LogP) is 5.50. The monoisotopic (exact) mass is 697 g/mol.